The molecule has 0 unspecified atom stereocenters. The Morgan fingerprint density at radius 1 is 1.09 bits per heavy atom. The number of carbonyl (C=O) groups excluding carboxylic acids is 2. The third-order valence-electron chi connectivity index (χ3n) is 5.35. The van der Waals surface area contributed by atoms with Crippen LogP contribution in [0.2, 0.25) is 0 Å². The first-order chi connectivity index (χ1) is 16.0. The van der Waals surface area contributed by atoms with Crippen molar-refractivity contribution in [2.75, 3.05) is 44.8 Å². The van der Waals surface area contributed by atoms with Crippen molar-refractivity contribution >= 4 is 28.4 Å². The maximum Gasteiger partial charge on any atom is 0.261 e. The van der Waals surface area contributed by atoms with Gasteiger partial charge in [0.15, 0.2) is 0 Å². The van der Waals surface area contributed by atoms with E-state index in [1.165, 1.54) is 6.07 Å². The van der Waals surface area contributed by atoms with E-state index in [1.54, 1.807) is 47.4 Å². The Kier molecular flexibility index (Phi) is 7.01. The number of benzene rings is 2. The number of fused-ring (bicyclic) bond motifs is 1. The molecule has 0 atom stereocenters. The van der Waals surface area contributed by atoms with E-state index in [4.69, 9.17) is 15.2 Å². The second-order valence-corrected chi connectivity index (χ2v) is 7.69. The summed E-state index contributed by atoms with van der Waals surface area (Å²) in [5, 5.41) is 3.38. The molecular formula is C24H26N4O5. The van der Waals surface area contributed by atoms with Gasteiger partial charge < -0.3 is 30.4 Å². The molecule has 1 aromatic heterocycles. The predicted octanol–water partition coefficient (Wildman–Crippen LogP) is 1.98. The van der Waals surface area contributed by atoms with Crippen LogP contribution < -0.4 is 21.3 Å². The summed E-state index contributed by atoms with van der Waals surface area (Å²) in [6.45, 7) is 3.15. The van der Waals surface area contributed by atoms with E-state index in [1.807, 2.05) is 0 Å². The number of hydrogen-bond acceptors (Lipinski definition) is 6. The van der Waals surface area contributed by atoms with E-state index < -0.39 is 11.5 Å². The second kappa shape index (κ2) is 10.3. The number of H-pyrrole nitrogens is 1. The van der Waals surface area contributed by atoms with Crippen LogP contribution >= 0.6 is 0 Å². The van der Waals surface area contributed by atoms with Crippen LogP contribution in [-0.4, -0.2) is 61.2 Å². The molecule has 4 rings (SSSR count). The lowest BCUT2D eigenvalue weighted by Crippen LogP contribution is -2.33. The maximum absolute atomic E-state index is 12.8. The van der Waals surface area contributed by atoms with Gasteiger partial charge in [-0.2, -0.15) is 0 Å². The van der Waals surface area contributed by atoms with Crippen molar-refractivity contribution in [1.29, 1.82) is 0 Å². The number of hydrogen-bond donors (Lipinski definition) is 3. The predicted molar refractivity (Wildman–Crippen MR) is 125 cm³/mol. The number of aromatic amines is 1. The summed E-state index contributed by atoms with van der Waals surface area (Å²) in [7, 11) is 0. The summed E-state index contributed by atoms with van der Waals surface area (Å²) in [6, 6.07) is 13.3. The quantitative estimate of drug-likeness (QED) is 0.527. The van der Waals surface area contributed by atoms with E-state index in [9.17, 15) is 14.4 Å². The number of anilines is 1. The third-order valence-corrected chi connectivity index (χ3v) is 5.35. The Bertz CT molecular complexity index is 1200. The summed E-state index contributed by atoms with van der Waals surface area (Å²) in [6.07, 6.45) is 0.806. The van der Waals surface area contributed by atoms with E-state index in [0.717, 1.165) is 6.42 Å². The normalized spacial score (nSPS) is 14.0. The number of pyridine rings is 1. The lowest BCUT2D eigenvalue weighted by Gasteiger charge is -2.19. The van der Waals surface area contributed by atoms with Crippen molar-refractivity contribution in [3.05, 3.63) is 70.0 Å². The number of nitrogens with one attached hydrogen (secondary N) is 2. The zero-order valence-electron chi connectivity index (χ0n) is 18.1. The first-order valence-corrected chi connectivity index (χ1v) is 10.8. The molecule has 4 N–H and O–H groups in total. The molecule has 0 bridgehead atoms. The Morgan fingerprint density at radius 2 is 1.91 bits per heavy atom. The zero-order valence-corrected chi connectivity index (χ0v) is 18.1. The molecule has 0 saturated carbocycles. The van der Waals surface area contributed by atoms with Gasteiger partial charge in [0.2, 0.25) is 0 Å². The average molecular weight is 450 g/mol. The number of rotatable bonds is 6. The van der Waals surface area contributed by atoms with Gasteiger partial charge in [-0.15, -0.1) is 0 Å². The van der Waals surface area contributed by atoms with Crippen molar-refractivity contribution in [3.8, 4) is 5.75 Å². The molecule has 1 saturated heterocycles. The summed E-state index contributed by atoms with van der Waals surface area (Å²) in [5.74, 6) is -0.0187. The highest BCUT2D eigenvalue weighted by molar-refractivity contribution is 6.06. The largest absolute Gasteiger partial charge is 0.492 e. The summed E-state index contributed by atoms with van der Waals surface area (Å²) in [5.41, 5.74) is 6.55. The average Bonchev–Trinajstić information content (AvgIpc) is 3.12. The van der Waals surface area contributed by atoms with Crippen LogP contribution in [0.15, 0.2) is 53.3 Å². The molecule has 0 spiro atoms. The molecule has 2 amide bonds. The number of nitrogens with zero attached hydrogens (tertiary/aromatic N) is 1. The first kappa shape index (κ1) is 22.5. The number of carbonyl (C=O) groups is 2. The minimum absolute atomic E-state index is 0.0248. The number of aromatic nitrogens is 1. The van der Waals surface area contributed by atoms with Crippen LogP contribution in [0, 0.1) is 0 Å². The maximum atomic E-state index is 12.8. The molecule has 9 heteroatoms. The molecule has 172 valence electrons. The van der Waals surface area contributed by atoms with Gasteiger partial charge in [-0.05, 0) is 55.0 Å². The molecule has 2 heterocycles. The standard InChI is InChI=1S/C24H26N4O5/c25-8-12-33-19-6-7-21-17(14-19)15-20(23(30)27-21)22(29)26-18-4-2-16(3-5-18)24(31)28-9-1-11-32-13-10-28/h2-7,14-15H,1,8-13,25H2,(H,26,29)(H,27,30). The summed E-state index contributed by atoms with van der Waals surface area (Å²) < 4.78 is 10.9. The van der Waals surface area contributed by atoms with E-state index in [2.05, 4.69) is 10.3 Å². The third kappa shape index (κ3) is 5.39. The fourth-order valence-electron chi connectivity index (χ4n) is 3.65. The van der Waals surface area contributed by atoms with Crippen LogP contribution in [0.4, 0.5) is 5.69 Å². The molecule has 33 heavy (non-hydrogen) atoms. The molecule has 1 fully saturated rings. The van der Waals surface area contributed by atoms with Crippen LogP contribution in [0.1, 0.15) is 27.1 Å². The highest BCUT2D eigenvalue weighted by atomic mass is 16.5. The van der Waals surface area contributed by atoms with Gasteiger partial charge >= 0.3 is 0 Å². The van der Waals surface area contributed by atoms with Crippen LogP contribution in [0.25, 0.3) is 10.9 Å². The SMILES string of the molecule is NCCOc1ccc2[nH]c(=O)c(C(=O)Nc3ccc(C(=O)N4CCCOCC4)cc3)cc2c1. The molecule has 9 nitrogen and oxygen atoms in total. The molecule has 0 radical (unpaired) electrons. The Morgan fingerprint density at radius 3 is 2.70 bits per heavy atom. The summed E-state index contributed by atoms with van der Waals surface area (Å²) in [4.78, 5) is 42.4. The van der Waals surface area contributed by atoms with Crippen molar-refractivity contribution in [1.82, 2.24) is 9.88 Å². The smallest absolute Gasteiger partial charge is 0.261 e. The van der Waals surface area contributed by atoms with Gasteiger partial charge in [-0.3, -0.25) is 14.4 Å². The van der Waals surface area contributed by atoms with Crippen LogP contribution in [0.3, 0.4) is 0 Å². The van der Waals surface area contributed by atoms with Gasteiger partial charge in [-0.1, -0.05) is 0 Å². The summed E-state index contributed by atoms with van der Waals surface area (Å²) >= 11 is 0. The molecule has 3 aromatic rings. The lowest BCUT2D eigenvalue weighted by molar-refractivity contribution is 0.0741. The van der Waals surface area contributed by atoms with Crippen molar-refractivity contribution in [2.45, 2.75) is 6.42 Å². The highest BCUT2D eigenvalue weighted by Gasteiger charge is 2.18. The zero-order chi connectivity index (χ0) is 23.2. The number of nitrogens with two attached hydrogens (primary N) is 1. The fraction of sp³-hybridized carbons (Fsp3) is 0.292. The van der Waals surface area contributed by atoms with Crippen molar-refractivity contribution in [3.63, 3.8) is 0 Å². The monoisotopic (exact) mass is 450 g/mol. The van der Waals surface area contributed by atoms with Gasteiger partial charge in [-0.25, -0.2) is 0 Å². The second-order valence-electron chi connectivity index (χ2n) is 7.69. The van der Waals surface area contributed by atoms with Gasteiger partial charge in [0, 0.05) is 48.4 Å². The van der Waals surface area contributed by atoms with Crippen LogP contribution in [-0.2, 0) is 4.74 Å². The minimum atomic E-state index is -0.546. The fourth-order valence-corrected chi connectivity index (χ4v) is 3.65. The van der Waals surface area contributed by atoms with E-state index >= 15 is 0 Å². The first-order valence-electron chi connectivity index (χ1n) is 10.8. The number of ether oxygens (including phenoxy) is 2. The number of amides is 2. The highest BCUT2D eigenvalue weighted by Crippen LogP contribution is 2.20. The van der Waals surface area contributed by atoms with Crippen LogP contribution in [0.5, 0.6) is 5.75 Å². The van der Waals surface area contributed by atoms with Crippen molar-refractivity contribution < 1.29 is 19.1 Å². The van der Waals surface area contributed by atoms with Gasteiger partial charge in [0.05, 0.1) is 6.61 Å². The van der Waals surface area contributed by atoms with Crippen molar-refractivity contribution in [2.24, 2.45) is 5.73 Å². The molecule has 1 aliphatic rings. The Hall–Kier alpha value is -3.69. The minimum Gasteiger partial charge on any atom is -0.492 e. The Labute approximate surface area is 190 Å². The van der Waals surface area contributed by atoms with Gasteiger partial charge in [0.25, 0.3) is 17.4 Å². The Balaban J connectivity index is 1.48. The van der Waals surface area contributed by atoms with Gasteiger partial charge in [0.1, 0.15) is 17.9 Å². The topological polar surface area (TPSA) is 127 Å². The molecule has 1 aliphatic heterocycles. The van der Waals surface area contributed by atoms with E-state index in [0.29, 0.717) is 67.4 Å². The molecule has 2 aromatic carbocycles. The molecular weight excluding hydrogens is 424 g/mol. The van der Waals surface area contributed by atoms with E-state index in [-0.39, 0.29) is 11.5 Å². The lowest BCUT2D eigenvalue weighted by atomic mass is 10.1. The molecule has 0 aliphatic carbocycles.